The van der Waals surface area contributed by atoms with E-state index in [4.69, 9.17) is 29.0 Å². The van der Waals surface area contributed by atoms with Gasteiger partial charge in [0.25, 0.3) is 0 Å². The minimum absolute atomic E-state index is 0.00411. The van der Waals surface area contributed by atoms with Gasteiger partial charge in [0.05, 0.1) is 12.2 Å². The average Bonchev–Trinajstić information content (AvgIpc) is 2.79. The van der Waals surface area contributed by atoms with Gasteiger partial charge in [-0.05, 0) is 65.2 Å². The van der Waals surface area contributed by atoms with Gasteiger partial charge in [0.15, 0.2) is 0 Å². The molecule has 0 spiro atoms. The molecule has 0 amide bonds. The average molecular weight is 547 g/mol. The highest BCUT2D eigenvalue weighted by molar-refractivity contribution is 5.59. The van der Waals surface area contributed by atoms with Gasteiger partial charge in [0.1, 0.15) is 24.4 Å². The highest BCUT2D eigenvalue weighted by Crippen LogP contribution is 2.35. The smallest absolute Gasteiger partial charge is 0.434 e. The van der Waals surface area contributed by atoms with Crippen LogP contribution < -0.4 is 0 Å². The molecular weight excluding hydrogens is 484 g/mol. The fourth-order valence-electron chi connectivity index (χ4n) is 3.03. The lowest BCUT2D eigenvalue weighted by atomic mass is 9.79. The van der Waals surface area contributed by atoms with Crippen LogP contribution in [0.4, 0.5) is 4.79 Å². The van der Waals surface area contributed by atoms with E-state index in [0.29, 0.717) is 0 Å². The predicted molar refractivity (Wildman–Crippen MR) is 154 cm³/mol. The first-order chi connectivity index (χ1) is 17.3. The van der Waals surface area contributed by atoms with Gasteiger partial charge in [-0.2, -0.15) is 0 Å². The van der Waals surface area contributed by atoms with Crippen LogP contribution in [0.25, 0.3) is 0 Å². The normalized spacial score (nSPS) is 16.6. The quantitative estimate of drug-likeness (QED) is 0.0964. The van der Waals surface area contributed by atoms with E-state index in [-0.39, 0.29) is 48.1 Å². The Labute approximate surface area is 234 Å². The van der Waals surface area contributed by atoms with Crippen LogP contribution in [-0.4, -0.2) is 42.8 Å². The van der Waals surface area contributed by atoms with Crippen LogP contribution in [-0.2, 0) is 29.0 Å². The molecule has 0 aliphatic heterocycles. The summed E-state index contributed by atoms with van der Waals surface area (Å²) in [5.41, 5.74) is -1.11. The Bertz CT molecular complexity index is 592. The lowest BCUT2D eigenvalue weighted by Crippen LogP contribution is -2.41. The molecular formula is C31H62O7. The van der Waals surface area contributed by atoms with Crippen LogP contribution in [0.3, 0.4) is 0 Å². The second kappa shape index (κ2) is 16.4. The predicted octanol–water partition coefficient (Wildman–Crippen LogP) is 9.08. The van der Waals surface area contributed by atoms with Crippen molar-refractivity contribution in [2.75, 3.05) is 13.2 Å². The molecule has 228 valence electrons. The van der Waals surface area contributed by atoms with Crippen molar-refractivity contribution in [2.24, 2.45) is 22.7 Å². The third-order valence-electron chi connectivity index (χ3n) is 8.44. The van der Waals surface area contributed by atoms with Gasteiger partial charge in [-0.25, -0.2) is 24.3 Å². The molecule has 0 radical (unpaired) electrons. The van der Waals surface area contributed by atoms with Gasteiger partial charge in [-0.15, -0.1) is 0 Å². The van der Waals surface area contributed by atoms with Crippen molar-refractivity contribution in [3.8, 4) is 0 Å². The first-order valence-electron chi connectivity index (χ1n) is 14.8. The molecule has 0 N–H and O–H groups in total. The lowest BCUT2D eigenvalue weighted by Gasteiger charge is -2.38. The second-order valence-electron chi connectivity index (χ2n) is 14.0. The number of rotatable bonds is 18. The van der Waals surface area contributed by atoms with E-state index in [2.05, 4.69) is 55.4 Å². The van der Waals surface area contributed by atoms with E-state index in [9.17, 15) is 4.79 Å². The van der Waals surface area contributed by atoms with E-state index in [0.717, 1.165) is 38.5 Å². The number of unbranched alkanes of at least 4 members (excludes halogenated alkanes) is 2. The zero-order valence-electron chi connectivity index (χ0n) is 27.3. The molecule has 0 aromatic rings. The monoisotopic (exact) mass is 546 g/mol. The summed E-state index contributed by atoms with van der Waals surface area (Å²) in [7, 11) is 0. The zero-order valence-corrected chi connectivity index (χ0v) is 27.3. The summed E-state index contributed by atoms with van der Waals surface area (Å²) in [5, 5.41) is 0. The maximum absolute atomic E-state index is 12.6. The third-order valence-corrected chi connectivity index (χ3v) is 8.44. The third kappa shape index (κ3) is 13.5. The SMILES string of the molecule is CCCCC(COC(=O)OCC(CCCC)C(C)OOC(C)(C)C(C)(C)C)C(C)OOC(C)(C)C(C)(C)C. The molecule has 7 nitrogen and oxygen atoms in total. The topological polar surface area (TPSA) is 72.5 Å². The van der Waals surface area contributed by atoms with Crippen molar-refractivity contribution in [1.29, 1.82) is 0 Å². The zero-order chi connectivity index (χ0) is 29.8. The minimum atomic E-state index is -0.667. The van der Waals surface area contributed by atoms with Crippen molar-refractivity contribution in [1.82, 2.24) is 0 Å². The Morgan fingerprint density at radius 2 is 0.921 bits per heavy atom. The molecule has 0 saturated heterocycles. The van der Waals surface area contributed by atoms with Crippen molar-refractivity contribution in [3.63, 3.8) is 0 Å². The molecule has 0 heterocycles. The van der Waals surface area contributed by atoms with E-state index in [1.165, 1.54) is 0 Å². The van der Waals surface area contributed by atoms with Crippen molar-refractivity contribution < 1.29 is 33.8 Å². The number of carbonyl (C=O) groups is 1. The van der Waals surface area contributed by atoms with Gasteiger partial charge in [0, 0.05) is 11.8 Å². The van der Waals surface area contributed by atoms with Gasteiger partial charge in [-0.3, -0.25) is 0 Å². The van der Waals surface area contributed by atoms with E-state index in [1.54, 1.807) is 0 Å². The first-order valence-corrected chi connectivity index (χ1v) is 14.8. The Morgan fingerprint density at radius 3 is 1.18 bits per heavy atom. The minimum Gasteiger partial charge on any atom is -0.434 e. The van der Waals surface area contributed by atoms with Crippen LogP contribution in [0, 0.1) is 22.7 Å². The Hall–Kier alpha value is -0.890. The molecule has 0 bridgehead atoms. The number of ether oxygens (including phenoxy) is 2. The van der Waals surface area contributed by atoms with E-state index < -0.39 is 17.4 Å². The summed E-state index contributed by atoms with van der Waals surface area (Å²) >= 11 is 0. The van der Waals surface area contributed by atoms with Crippen LogP contribution in [0.5, 0.6) is 0 Å². The highest BCUT2D eigenvalue weighted by atomic mass is 17.2. The lowest BCUT2D eigenvalue weighted by molar-refractivity contribution is -0.399. The Balaban J connectivity index is 4.98. The molecule has 0 aliphatic rings. The first kappa shape index (κ1) is 37.1. The fraction of sp³-hybridized carbons (Fsp3) is 0.968. The molecule has 7 heteroatoms. The summed E-state index contributed by atoms with van der Waals surface area (Å²) in [6.07, 6.45) is 4.73. The largest absolute Gasteiger partial charge is 0.508 e. The second-order valence-corrected chi connectivity index (χ2v) is 14.0. The van der Waals surface area contributed by atoms with Crippen molar-refractivity contribution >= 4 is 6.16 Å². The molecule has 0 aromatic carbocycles. The number of hydrogen-bond acceptors (Lipinski definition) is 7. The van der Waals surface area contributed by atoms with Crippen molar-refractivity contribution in [3.05, 3.63) is 0 Å². The summed E-state index contributed by atoms with van der Waals surface area (Å²) in [4.78, 5) is 35.9. The van der Waals surface area contributed by atoms with Crippen LogP contribution >= 0.6 is 0 Å². The molecule has 0 rings (SSSR count). The number of carbonyl (C=O) groups excluding carboxylic acids is 1. The Kier molecular flexibility index (Phi) is 16.0. The van der Waals surface area contributed by atoms with Crippen LogP contribution in [0.15, 0.2) is 0 Å². The summed E-state index contributed by atoms with van der Waals surface area (Å²) in [5.74, 6) is 0.00823. The molecule has 0 saturated carbocycles. The standard InChI is InChI=1S/C31H62O7/c1-15-17-19-25(23(3)35-37-30(11,12)28(5,6)7)21-33-27(32)34-22-26(20-18-16-2)24(4)36-38-31(13,14)29(8,9)10/h23-26H,15-22H2,1-14H3. The Morgan fingerprint density at radius 1 is 0.605 bits per heavy atom. The van der Waals surface area contributed by atoms with Gasteiger partial charge >= 0.3 is 6.16 Å². The maximum atomic E-state index is 12.6. The fourth-order valence-corrected chi connectivity index (χ4v) is 3.03. The van der Waals surface area contributed by atoms with Gasteiger partial charge < -0.3 is 9.47 Å². The molecule has 0 aliphatic carbocycles. The maximum Gasteiger partial charge on any atom is 0.508 e. The number of hydrogen-bond donors (Lipinski definition) is 0. The van der Waals surface area contributed by atoms with Crippen LogP contribution in [0.2, 0.25) is 0 Å². The summed E-state index contributed by atoms with van der Waals surface area (Å²) in [6.45, 7) is 29.4. The van der Waals surface area contributed by atoms with Crippen molar-refractivity contribution in [2.45, 2.75) is 159 Å². The van der Waals surface area contributed by atoms with E-state index in [1.807, 2.05) is 41.5 Å². The van der Waals surface area contributed by atoms with Gasteiger partial charge in [-0.1, -0.05) is 81.1 Å². The summed E-state index contributed by atoms with van der Waals surface area (Å²) in [6, 6.07) is 0. The molecule has 4 atom stereocenters. The molecule has 4 unspecified atom stereocenters. The molecule has 0 aromatic heterocycles. The molecule has 38 heavy (non-hydrogen) atoms. The van der Waals surface area contributed by atoms with Crippen LogP contribution in [0.1, 0.15) is 135 Å². The van der Waals surface area contributed by atoms with Gasteiger partial charge in [0.2, 0.25) is 0 Å². The molecule has 0 fully saturated rings. The highest BCUT2D eigenvalue weighted by Gasteiger charge is 2.37. The summed E-state index contributed by atoms with van der Waals surface area (Å²) < 4.78 is 11.1. The van der Waals surface area contributed by atoms with E-state index >= 15 is 0 Å².